The van der Waals surface area contributed by atoms with Gasteiger partial charge in [-0.05, 0) is 30.3 Å². The van der Waals surface area contributed by atoms with E-state index in [1.54, 1.807) is 18.2 Å². The van der Waals surface area contributed by atoms with E-state index in [0.29, 0.717) is 5.69 Å². The van der Waals surface area contributed by atoms with E-state index in [0.717, 1.165) is 12.1 Å². The number of nitrogens with one attached hydrogen (secondary N) is 1. The topological polar surface area (TPSA) is 62.8 Å². The molecule has 0 fully saturated rings. The predicted molar refractivity (Wildman–Crippen MR) is 81.3 cm³/mol. The van der Waals surface area contributed by atoms with Crippen LogP contribution >= 0.6 is 0 Å². The minimum Gasteiger partial charge on any atom is -0.281 e. The van der Waals surface area contributed by atoms with Crippen LogP contribution < -0.4 is 0 Å². The van der Waals surface area contributed by atoms with Gasteiger partial charge in [-0.3, -0.25) is 5.10 Å². The fraction of sp³-hybridized carbons (Fsp3) is 0.0625. The molecule has 1 aromatic heterocycles. The van der Waals surface area contributed by atoms with Gasteiger partial charge in [0, 0.05) is 11.6 Å². The molecule has 0 radical (unpaired) electrons. The Balaban J connectivity index is 1.88. The maximum Gasteiger partial charge on any atom is 0.184 e. The summed E-state index contributed by atoms with van der Waals surface area (Å²) in [5, 5.41) is 6.49. The normalized spacial score (nSPS) is 11.6. The summed E-state index contributed by atoms with van der Waals surface area (Å²) in [5.74, 6) is -1.73. The summed E-state index contributed by atoms with van der Waals surface area (Å²) in [7, 11) is -3.52. The molecular formula is C16H12F2N2O2S. The molecule has 0 unspecified atom stereocenters. The molecule has 0 aliphatic rings. The Morgan fingerprint density at radius 2 is 1.74 bits per heavy atom. The lowest BCUT2D eigenvalue weighted by Gasteiger charge is -2.02. The summed E-state index contributed by atoms with van der Waals surface area (Å²) >= 11 is 0. The maximum absolute atomic E-state index is 13.7. The van der Waals surface area contributed by atoms with Crippen LogP contribution in [0.4, 0.5) is 8.78 Å². The van der Waals surface area contributed by atoms with E-state index in [1.165, 1.54) is 24.3 Å². The number of hydrogen-bond acceptors (Lipinski definition) is 3. The second-order valence-electron chi connectivity index (χ2n) is 4.97. The molecule has 0 spiro atoms. The molecule has 2 aromatic carbocycles. The third kappa shape index (κ3) is 3.29. The van der Waals surface area contributed by atoms with E-state index in [4.69, 9.17) is 0 Å². The number of H-pyrrole nitrogens is 1. The first-order chi connectivity index (χ1) is 11.0. The van der Waals surface area contributed by atoms with Crippen molar-refractivity contribution in [3.63, 3.8) is 0 Å². The number of nitrogens with zero attached hydrogens (tertiary/aromatic N) is 1. The van der Waals surface area contributed by atoms with Gasteiger partial charge in [0.2, 0.25) is 0 Å². The van der Waals surface area contributed by atoms with Crippen molar-refractivity contribution in [2.45, 2.75) is 10.6 Å². The van der Waals surface area contributed by atoms with Gasteiger partial charge in [-0.2, -0.15) is 5.10 Å². The Hall–Kier alpha value is -2.54. The van der Waals surface area contributed by atoms with Crippen molar-refractivity contribution >= 4 is 9.84 Å². The van der Waals surface area contributed by atoms with E-state index in [2.05, 4.69) is 10.2 Å². The van der Waals surface area contributed by atoms with Crippen LogP contribution in [0.2, 0.25) is 0 Å². The molecule has 3 aromatic rings. The monoisotopic (exact) mass is 334 g/mol. The summed E-state index contributed by atoms with van der Waals surface area (Å²) in [6, 6.07) is 12.6. The minimum atomic E-state index is -3.52. The average molecular weight is 334 g/mol. The SMILES string of the molecule is O=S(=O)(Cc1cc(-c2ccc(F)cc2F)n[nH]1)c1ccccc1. The average Bonchev–Trinajstić information content (AvgIpc) is 2.95. The standard InChI is InChI=1S/C16H12F2N2O2S/c17-11-6-7-14(15(18)8-11)16-9-12(19-20-16)10-23(21,22)13-4-2-1-3-5-13/h1-9H,10H2,(H,19,20). The molecule has 0 atom stereocenters. The minimum absolute atomic E-state index is 0.103. The lowest BCUT2D eigenvalue weighted by molar-refractivity contribution is 0.585. The Morgan fingerprint density at radius 1 is 1.00 bits per heavy atom. The molecule has 7 heteroatoms. The molecule has 0 saturated carbocycles. The van der Waals surface area contributed by atoms with Crippen molar-refractivity contribution in [2.24, 2.45) is 0 Å². The maximum atomic E-state index is 13.7. The molecule has 0 bridgehead atoms. The summed E-state index contributed by atoms with van der Waals surface area (Å²) in [4.78, 5) is 0.198. The third-order valence-corrected chi connectivity index (χ3v) is 4.97. The van der Waals surface area contributed by atoms with Crippen molar-refractivity contribution in [1.29, 1.82) is 0 Å². The van der Waals surface area contributed by atoms with Gasteiger partial charge in [-0.15, -0.1) is 0 Å². The van der Waals surface area contributed by atoms with Crippen LogP contribution in [0.3, 0.4) is 0 Å². The first-order valence-electron chi connectivity index (χ1n) is 6.73. The van der Waals surface area contributed by atoms with E-state index in [9.17, 15) is 17.2 Å². The Labute approximate surface area is 131 Å². The fourth-order valence-corrected chi connectivity index (χ4v) is 3.48. The van der Waals surface area contributed by atoms with E-state index < -0.39 is 21.5 Å². The zero-order chi connectivity index (χ0) is 16.4. The quantitative estimate of drug-likeness (QED) is 0.796. The molecule has 23 heavy (non-hydrogen) atoms. The lowest BCUT2D eigenvalue weighted by Crippen LogP contribution is -2.04. The number of hydrogen-bond donors (Lipinski definition) is 1. The van der Waals surface area contributed by atoms with Gasteiger partial charge in [0.05, 0.1) is 22.0 Å². The number of sulfone groups is 1. The van der Waals surface area contributed by atoms with Crippen LogP contribution in [0.25, 0.3) is 11.3 Å². The molecule has 1 heterocycles. The van der Waals surface area contributed by atoms with Crippen LogP contribution in [0, 0.1) is 11.6 Å². The van der Waals surface area contributed by atoms with Crippen molar-refractivity contribution in [1.82, 2.24) is 10.2 Å². The van der Waals surface area contributed by atoms with Gasteiger partial charge in [-0.25, -0.2) is 17.2 Å². The van der Waals surface area contributed by atoms with Crippen LogP contribution in [-0.2, 0) is 15.6 Å². The molecule has 0 saturated heterocycles. The van der Waals surface area contributed by atoms with E-state index in [1.807, 2.05) is 0 Å². The van der Waals surface area contributed by atoms with Crippen molar-refractivity contribution in [3.05, 3.63) is 71.9 Å². The van der Waals surface area contributed by atoms with Gasteiger partial charge >= 0.3 is 0 Å². The highest BCUT2D eigenvalue weighted by molar-refractivity contribution is 7.90. The zero-order valence-corrected chi connectivity index (χ0v) is 12.6. The third-order valence-electron chi connectivity index (χ3n) is 3.29. The Morgan fingerprint density at radius 3 is 2.43 bits per heavy atom. The molecule has 1 N–H and O–H groups in total. The first-order valence-corrected chi connectivity index (χ1v) is 8.38. The molecule has 0 aliphatic carbocycles. The zero-order valence-electron chi connectivity index (χ0n) is 11.8. The lowest BCUT2D eigenvalue weighted by atomic mass is 10.1. The molecule has 4 nitrogen and oxygen atoms in total. The molecule has 3 rings (SSSR count). The second kappa shape index (κ2) is 5.92. The first kappa shape index (κ1) is 15.4. The van der Waals surface area contributed by atoms with Crippen LogP contribution in [0.1, 0.15) is 5.69 Å². The van der Waals surface area contributed by atoms with Crippen molar-refractivity contribution < 1.29 is 17.2 Å². The fourth-order valence-electron chi connectivity index (χ4n) is 2.19. The molecule has 0 amide bonds. The molecular weight excluding hydrogens is 322 g/mol. The highest BCUT2D eigenvalue weighted by Crippen LogP contribution is 2.23. The molecule has 118 valence electrons. The van der Waals surface area contributed by atoms with Gasteiger partial charge in [0.25, 0.3) is 0 Å². The van der Waals surface area contributed by atoms with E-state index in [-0.39, 0.29) is 21.9 Å². The van der Waals surface area contributed by atoms with E-state index >= 15 is 0 Å². The van der Waals surface area contributed by atoms with Crippen LogP contribution in [0.15, 0.2) is 59.5 Å². The number of halogens is 2. The predicted octanol–water partition coefficient (Wildman–Crippen LogP) is 3.33. The number of rotatable bonds is 4. The number of benzene rings is 2. The largest absolute Gasteiger partial charge is 0.281 e. The highest BCUT2D eigenvalue weighted by Gasteiger charge is 2.17. The Kier molecular flexibility index (Phi) is 3.96. The van der Waals surface area contributed by atoms with Gasteiger partial charge in [0.15, 0.2) is 9.84 Å². The summed E-state index contributed by atoms with van der Waals surface area (Å²) < 4.78 is 51.2. The van der Waals surface area contributed by atoms with Crippen LogP contribution in [-0.4, -0.2) is 18.6 Å². The summed E-state index contributed by atoms with van der Waals surface area (Å²) in [5.41, 5.74) is 0.652. The second-order valence-corrected chi connectivity index (χ2v) is 6.96. The van der Waals surface area contributed by atoms with Gasteiger partial charge < -0.3 is 0 Å². The van der Waals surface area contributed by atoms with Crippen LogP contribution in [0.5, 0.6) is 0 Å². The smallest absolute Gasteiger partial charge is 0.184 e. The van der Waals surface area contributed by atoms with Gasteiger partial charge in [-0.1, -0.05) is 18.2 Å². The summed E-state index contributed by atoms with van der Waals surface area (Å²) in [6.07, 6.45) is 0. The van der Waals surface area contributed by atoms with Crippen molar-refractivity contribution in [2.75, 3.05) is 0 Å². The van der Waals surface area contributed by atoms with Crippen molar-refractivity contribution in [3.8, 4) is 11.3 Å². The Bertz CT molecular complexity index is 938. The highest BCUT2D eigenvalue weighted by atomic mass is 32.2. The van der Waals surface area contributed by atoms with Gasteiger partial charge in [0.1, 0.15) is 11.6 Å². The molecule has 0 aliphatic heterocycles. The summed E-state index contributed by atoms with van der Waals surface area (Å²) in [6.45, 7) is 0. The number of aromatic amines is 1. The number of aromatic nitrogens is 2.